The number of fused-ring (bicyclic) bond motifs is 1. The minimum atomic E-state index is 0.0831. The molecule has 0 aliphatic heterocycles. The van der Waals surface area contributed by atoms with Gasteiger partial charge in [-0.3, -0.25) is 4.79 Å². The van der Waals surface area contributed by atoms with E-state index in [1.807, 2.05) is 17.7 Å². The van der Waals surface area contributed by atoms with Gasteiger partial charge in [0.15, 0.2) is 0 Å². The van der Waals surface area contributed by atoms with E-state index >= 15 is 0 Å². The van der Waals surface area contributed by atoms with Crippen LogP contribution in [0.5, 0.6) is 0 Å². The smallest absolute Gasteiger partial charge is 0.220 e. The van der Waals surface area contributed by atoms with Crippen LogP contribution in [0.2, 0.25) is 0 Å². The number of aryl methyl sites for hydroxylation is 3. The third-order valence-electron chi connectivity index (χ3n) is 4.09. The van der Waals surface area contributed by atoms with E-state index in [1.165, 1.54) is 11.1 Å². The van der Waals surface area contributed by atoms with E-state index in [0.29, 0.717) is 12.8 Å². The van der Waals surface area contributed by atoms with E-state index in [2.05, 4.69) is 33.7 Å². The second-order valence-electron chi connectivity index (χ2n) is 5.57. The summed E-state index contributed by atoms with van der Waals surface area (Å²) in [6.07, 6.45) is 5.99. The Morgan fingerprint density at radius 3 is 3.10 bits per heavy atom. The van der Waals surface area contributed by atoms with Gasteiger partial charge >= 0.3 is 0 Å². The Morgan fingerprint density at radius 1 is 1.43 bits per heavy atom. The third kappa shape index (κ3) is 3.12. The SMILES string of the molecule is Cn1cnnc1CCC(=O)N[C@H]1CCCc2ccccc21. The van der Waals surface area contributed by atoms with Crippen LogP contribution in [0, 0.1) is 0 Å². The number of aromatic nitrogens is 3. The fourth-order valence-electron chi connectivity index (χ4n) is 2.93. The maximum Gasteiger partial charge on any atom is 0.220 e. The lowest BCUT2D eigenvalue weighted by Gasteiger charge is -2.26. The molecule has 3 rings (SSSR count). The van der Waals surface area contributed by atoms with Crippen molar-refractivity contribution in [1.82, 2.24) is 20.1 Å². The van der Waals surface area contributed by atoms with Crippen molar-refractivity contribution in [3.8, 4) is 0 Å². The molecule has 2 aromatic rings. The number of amides is 1. The lowest BCUT2D eigenvalue weighted by atomic mass is 9.87. The van der Waals surface area contributed by atoms with Gasteiger partial charge < -0.3 is 9.88 Å². The van der Waals surface area contributed by atoms with Gasteiger partial charge in [-0.15, -0.1) is 10.2 Å². The highest BCUT2D eigenvalue weighted by atomic mass is 16.1. The van der Waals surface area contributed by atoms with Crippen LogP contribution < -0.4 is 5.32 Å². The topological polar surface area (TPSA) is 59.8 Å². The molecule has 1 heterocycles. The maximum absolute atomic E-state index is 12.2. The average Bonchev–Trinajstić information content (AvgIpc) is 2.91. The molecule has 5 heteroatoms. The number of hydrogen-bond acceptors (Lipinski definition) is 3. The molecule has 110 valence electrons. The molecule has 0 unspecified atom stereocenters. The normalized spacial score (nSPS) is 17.3. The maximum atomic E-state index is 12.2. The predicted octanol–water partition coefficient (Wildman–Crippen LogP) is 1.94. The molecular formula is C16H20N4O. The van der Waals surface area contributed by atoms with Crippen molar-refractivity contribution in [2.24, 2.45) is 7.05 Å². The third-order valence-corrected chi connectivity index (χ3v) is 4.09. The summed E-state index contributed by atoms with van der Waals surface area (Å²) in [5.41, 5.74) is 2.64. The van der Waals surface area contributed by atoms with Crippen molar-refractivity contribution in [3.63, 3.8) is 0 Å². The molecule has 1 aromatic heterocycles. The van der Waals surface area contributed by atoms with Gasteiger partial charge in [0.05, 0.1) is 6.04 Å². The number of hydrogen-bond donors (Lipinski definition) is 1. The summed E-state index contributed by atoms with van der Waals surface area (Å²) in [6, 6.07) is 8.55. The Balaban J connectivity index is 1.60. The summed E-state index contributed by atoms with van der Waals surface area (Å²) in [6.45, 7) is 0. The fourth-order valence-corrected chi connectivity index (χ4v) is 2.93. The Hall–Kier alpha value is -2.17. The summed E-state index contributed by atoms with van der Waals surface area (Å²) in [4.78, 5) is 12.2. The van der Waals surface area contributed by atoms with Crippen molar-refractivity contribution >= 4 is 5.91 Å². The van der Waals surface area contributed by atoms with E-state index < -0.39 is 0 Å². The van der Waals surface area contributed by atoms with Crippen molar-refractivity contribution in [1.29, 1.82) is 0 Å². The largest absolute Gasteiger partial charge is 0.349 e. The quantitative estimate of drug-likeness (QED) is 0.933. The first-order chi connectivity index (χ1) is 10.2. The van der Waals surface area contributed by atoms with E-state index in [4.69, 9.17) is 0 Å². The number of carbonyl (C=O) groups excluding carboxylic acids is 1. The van der Waals surface area contributed by atoms with Gasteiger partial charge in [0.25, 0.3) is 0 Å². The van der Waals surface area contributed by atoms with Gasteiger partial charge in [0.2, 0.25) is 5.91 Å². The number of carbonyl (C=O) groups is 1. The highest BCUT2D eigenvalue weighted by Crippen LogP contribution is 2.29. The lowest BCUT2D eigenvalue weighted by Crippen LogP contribution is -2.31. The van der Waals surface area contributed by atoms with Crippen LogP contribution in [0.25, 0.3) is 0 Å². The molecule has 1 atom stereocenters. The first kappa shape index (κ1) is 13.8. The van der Waals surface area contributed by atoms with Crippen molar-refractivity contribution in [2.45, 2.75) is 38.1 Å². The highest BCUT2D eigenvalue weighted by molar-refractivity contribution is 5.76. The molecule has 0 radical (unpaired) electrons. The molecule has 0 fully saturated rings. The first-order valence-corrected chi connectivity index (χ1v) is 7.44. The van der Waals surface area contributed by atoms with Gasteiger partial charge in [-0.05, 0) is 30.4 Å². The standard InChI is InChI=1S/C16H20N4O/c1-20-11-17-19-15(20)9-10-16(21)18-14-8-4-6-12-5-2-3-7-13(12)14/h2-3,5,7,11,14H,4,6,8-10H2,1H3,(H,18,21)/t14-/m0/s1. The summed E-state index contributed by atoms with van der Waals surface area (Å²) >= 11 is 0. The minimum Gasteiger partial charge on any atom is -0.349 e. The molecule has 1 aliphatic rings. The van der Waals surface area contributed by atoms with Gasteiger partial charge in [-0.2, -0.15) is 0 Å². The second-order valence-corrected chi connectivity index (χ2v) is 5.57. The van der Waals surface area contributed by atoms with Gasteiger partial charge in [-0.1, -0.05) is 24.3 Å². The van der Waals surface area contributed by atoms with Crippen LogP contribution >= 0.6 is 0 Å². The molecule has 1 aliphatic carbocycles. The molecular weight excluding hydrogens is 264 g/mol. The Morgan fingerprint density at radius 2 is 2.29 bits per heavy atom. The van der Waals surface area contributed by atoms with Gasteiger partial charge in [0.1, 0.15) is 12.2 Å². The molecule has 5 nitrogen and oxygen atoms in total. The van der Waals surface area contributed by atoms with E-state index in [1.54, 1.807) is 6.33 Å². The zero-order valence-electron chi connectivity index (χ0n) is 12.2. The molecule has 0 saturated heterocycles. The van der Waals surface area contributed by atoms with Crippen LogP contribution in [0.4, 0.5) is 0 Å². The minimum absolute atomic E-state index is 0.0831. The summed E-state index contributed by atoms with van der Waals surface area (Å²) in [5, 5.41) is 11.0. The first-order valence-electron chi connectivity index (χ1n) is 7.44. The molecule has 0 saturated carbocycles. The molecule has 1 aromatic carbocycles. The number of nitrogens with zero attached hydrogens (tertiary/aromatic N) is 3. The van der Waals surface area contributed by atoms with Crippen LogP contribution in [-0.4, -0.2) is 20.7 Å². The predicted molar refractivity (Wildman–Crippen MR) is 79.6 cm³/mol. The van der Waals surface area contributed by atoms with Gasteiger partial charge in [-0.25, -0.2) is 0 Å². The van der Waals surface area contributed by atoms with Crippen LogP contribution in [-0.2, 0) is 24.7 Å². The van der Waals surface area contributed by atoms with E-state index in [0.717, 1.165) is 25.1 Å². The summed E-state index contributed by atoms with van der Waals surface area (Å²) in [7, 11) is 1.89. The highest BCUT2D eigenvalue weighted by Gasteiger charge is 2.21. The van der Waals surface area contributed by atoms with Crippen molar-refractivity contribution in [2.75, 3.05) is 0 Å². The van der Waals surface area contributed by atoms with Crippen LogP contribution in [0.1, 0.15) is 42.3 Å². The van der Waals surface area contributed by atoms with E-state index in [9.17, 15) is 4.79 Å². The molecule has 1 N–H and O–H groups in total. The lowest BCUT2D eigenvalue weighted by molar-refractivity contribution is -0.121. The van der Waals surface area contributed by atoms with Gasteiger partial charge in [0, 0.05) is 19.9 Å². The number of benzene rings is 1. The Bertz CT molecular complexity index is 635. The fraction of sp³-hybridized carbons (Fsp3) is 0.438. The molecule has 0 bridgehead atoms. The zero-order valence-corrected chi connectivity index (χ0v) is 12.2. The number of rotatable bonds is 4. The molecule has 21 heavy (non-hydrogen) atoms. The van der Waals surface area contributed by atoms with Crippen molar-refractivity contribution < 1.29 is 4.79 Å². The monoisotopic (exact) mass is 284 g/mol. The zero-order chi connectivity index (χ0) is 14.7. The average molecular weight is 284 g/mol. The van der Waals surface area contributed by atoms with Crippen LogP contribution in [0.3, 0.4) is 0 Å². The van der Waals surface area contributed by atoms with E-state index in [-0.39, 0.29) is 11.9 Å². The Kier molecular flexibility index (Phi) is 3.99. The molecule has 1 amide bonds. The number of nitrogens with one attached hydrogen (secondary N) is 1. The van der Waals surface area contributed by atoms with Crippen molar-refractivity contribution in [3.05, 3.63) is 47.5 Å². The molecule has 0 spiro atoms. The summed E-state index contributed by atoms with van der Waals surface area (Å²) < 4.78 is 1.85. The Labute approximate surface area is 124 Å². The second kappa shape index (κ2) is 6.08. The summed E-state index contributed by atoms with van der Waals surface area (Å²) in [5.74, 6) is 0.925. The van der Waals surface area contributed by atoms with Crippen LogP contribution in [0.15, 0.2) is 30.6 Å².